The second-order valence-electron chi connectivity index (χ2n) is 5.20. The van der Waals surface area contributed by atoms with Crippen LogP contribution in [0.2, 0.25) is 5.02 Å². The van der Waals surface area contributed by atoms with Gasteiger partial charge in [0.05, 0.1) is 18.2 Å². The number of nitrogens with one attached hydrogen (secondary N) is 1. The summed E-state index contributed by atoms with van der Waals surface area (Å²) in [6, 6.07) is 4.30. The summed E-state index contributed by atoms with van der Waals surface area (Å²) < 4.78 is 31.6. The SMILES string of the molecule is COc1ccc(Cl)c(S(=O)(=O)N2CC(N3CCNC3=O)C2)c1. The molecule has 2 fully saturated rings. The van der Waals surface area contributed by atoms with Crippen molar-refractivity contribution in [3.8, 4) is 5.75 Å². The monoisotopic (exact) mass is 345 g/mol. The molecule has 2 amide bonds. The number of urea groups is 1. The first-order valence-corrected chi connectivity index (χ1v) is 8.63. The van der Waals surface area contributed by atoms with E-state index >= 15 is 0 Å². The zero-order chi connectivity index (χ0) is 15.9. The van der Waals surface area contributed by atoms with E-state index in [1.165, 1.54) is 23.5 Å². The summed E-state index contributed by atoms with van der Waals surface area (Å²) in [5.74, 6) is 0.430. The lowest BCUT2D eigenvalue weighted by molar-refractivity contribution is 0.124. The molecule has 22 heavy (non-hydrogen) atoms. The number of rotatable bonds is 4. The van der Waals surface area contributed by atoms with E-state index in [9.17, 15) is 13.2 Å². The molecule has 0 spiro atoms. The lowest BCUT2D eigenvalue weighted by Crippen LogP contribution is -2.61. The Labute approximate surface area is 133 Å². The molecule has 1 N–H and O–H groups in total. The van der Waals surface area contributed by atoms with Gasteiger partial charge in [-0.2, -0.15) is 4.31 Å². The van der Waals surface area contributed by atoms with Crippen LogP contribution < -0.4 is 10.1 Å². The molecule has 120 valence electrons. The predicted molar refractivity (Wildman–Crippen MR) is 80.7 cm³/mol. The van der Waals surface area contributed by atoms with Gasteiger partial charge in [0.2, 0.25) is 10.0 Å². The standard InChI is InChI=1S/C13H16ClN3O4S/c1-21-10-2-3-11(14)12(6-10)22(19,20)16-7-9(8-16)17-5-4-15-13(17)18/h2-3,6,9H,4-5,7-8H2,1H3,(H,15,18). The van der Waals surface area contributed by atoms with Crippen LogP contribution in [0.1, 0.15) is 0 Å². The quantitative estimate of drug-likeness (QED) is 0.873. The van der Waals surface area contributed by atoms with Crippen molar-refractivity contribution in [2.24, 2.45) is 0 Å². The zero-order valence-electron chi connectivity index (χ0n) is 12.0. The molecule has 0 unspecified atom stereocenters. The third-order valence-corrected chi connectivity index (χ3v) is 6.23. The lowest BCUT2D eigenvalue weighted by Gasteiger charge is -2.42. The molecule has 0 saturated carbocycles. The Kier molecular flexibility index (Phi) is 3.92. The Morgan fingerprint density at radius 1 is 1.36 bits per heavy atom. The summed E-state index contributed by atoms with van der Waals surface area (Å²) in [5, 5.41) is 2.87. The van der Waals surface area contributed by atoms with Crippen LogP contribution in [0.25, 0.3) is 0 Å². The number of halogens is 1. The van der Waals surface area contributed by atoms with Gasteiger partial charge in [-0.15, -0.1) is 0 Å². The third-order valence-electron chi connectivity index (χ3n) is 3.92. The van der Waals surface area contributed by atoms with Gasteiger partial charge in [0.25, 0.3) is 0 Å². The Bertz CT molecular complexity index is 703. The molecule has 2 aliphatic heterocycles. The number of nitrogens with zero attached hydrogens (tertiary/aromatic N) is 2. The molecule has 1 aromatic rings. The van der Waals surface area contributed by atoms with Gasteiger partial charge in [0.1, 0.15) is 10.6 Å². The van der Waals surface area contributed by atoms with Crippen molar-refractivity contribution in [3.63, 3.8) is 0 Å². The molecular formula is C13H16ClN3O4S. The maximum Gasteiger partial charge on any atom is 0.317 e. The van der Waals surface area contributed by atoms with E-state index < -0.39 is 10.0 Å². The average molecular weight is 346 g/mol. The molecule has 0 atom stereocenters. The number of carbonyl (C=O) groups excluding carboxylic acids is 1. The average Bonchev–Trinajstić information content (AvgIpc) is 2.83. The van der Waals surface area contributed by atoms with Crippen molar-refractivity contribution in [2.75, 3.05) is 33.3 Å². The fraction of sp³-hybridized carbons (Fsp3) is 0.462. The fourth-order valence-electron chi connectivity index (χ4n) is 2.59. The summed E-state index contributed by atoms with van der Waals surface area (Å²) in [5.41, 5.74) is 0. The van der Waals surface area contributed by atoms with Crippen molar-refractivity contribution in [3.05, 3.63) is 23.2 Å². The van der Waals surface area contributed by atoms with Gasteiger partial charge in [-0.25, -0.2) is 13.2 Å². The summed E-state index contributed by atoms with van der Waals surface area (Å²) in [7, 11) is -2.22. The van der Waals surface area contributed by atoms with Gasteiger partial charge >= 0.3 is 6.03 Å². The highest BCUT2D eigenvalue weighted by Crippen LogP contribution is 2.31. The Morgan fingerprint density at radius 2 is 2.09 bits per heavy atom. The molecule has 7 nitrogen and oxygen atoms in total. The van der Waals surface area contributed by atoms with Gasteiger partial charge in [-0.05, 0) is 12.1 Å². The van der Waals surface area contributed by atoms with Crippen LogP contribution in [0.3, 0.4) is 0 Å². The minimum atomic E-state index is -3.68. The van der Waals surface area contributed by atoms with Crippen LogP contribution in [0.4, 0.5) is 4.79 Å². The van der Waals surface area contributed by atoms with E-state index in [4.69, 9.17) is 16.3 Å². The van der Waals surface area contributed by atoms with Gasteiger partial charge in [0.15, 0.2) is 0 Å². The molecular weight excluding hydrogens is 330 g/mol. The third kappa shape index (κ3) is 2.51. The highest BCUT2D eigenvalue weighted by atomic mass is 35.5. The number of sulfonamides is 1. The van der Waals surface area contributed by atoms with Crippen LogP contribution in [-0.4, -0.2) is 63.0 Å². The number of ether oxygens (including phenoxy) is 1. The molecule has 3 rings (SSSR count). The Hall–Kier alpha value is -1.51. The lowest BCUT2D eigenvalue weighted by atomic mass is 10.1. The van der Waals surface area contributed by atoms with Gasteiger partial charge in [0, 0.05) is 32.2 Å². The fourth-order valence-corrected chi connectivity index (χ4v) is 4.60. The Morgan fingerprint density at radius 3 is 2.68 bits per heavy atom. The molecule has 9 heteroatoms. The number of methoxy groups -OCH3 is 1. The predicted octanol–water partition coefficient (Wildman–Crippen LogP) is 0.747. The van der Waals surface area contributed by atoms with Crippen LogP contribution >= 0.6 is 11.6 Å². The van der Waals surface area contributed by atoms with E-state index in [1.54, 1.807) is 11.0 Å². The van der Waals surface area contributed by atoms with E-state index in [0.717, 1.165) is 0 Å². The van der Waals surface area contributed by atoms with Crippen LogP contribution in [0.15, 0.2) is 23.1 Å². The van der Waals surface area contributed by atoms with Crippen molar-refractivity contribution < 1.29 is 17.9 Å². The van der Waals surface area contributed by atoms with Gasteiger partial charge in [-0.1, -0.05) is 11.6 Å². The van der Waals surface area contributed by atoms with E-state index in [0.29, 0.717) is 18.8 Å². The first-order valence-electron chi connectivity index (χ1n) is 6.81. The highest BCUT2D eigenvalue weighted by molar-refractivity contribution is 7.89. The van der Waals surface area contributed by atoms with Gasteiger partial charge < -0.3 is 15.0 Å². The van der Waals surface area contributed by atoms with Crippen LogP contribution in [0.5, 0.6) is 5.75 Å². The van der Waals surface area contributed by atoms with Crippen molar-refractivity contribution in [2.45, 2.75) is 10.9 Å². The number of carbonyl (C=O) groups is 1. The number of amides is 2. The maximum atomic E-state index is 12.6. The topological polar surface area (TPSA) is 79.0 Å². The minimum absolute atomic E-state index is 0.0258. The summed E-state index contributed by atoms with van der Waals surface area (Å²) in [4.78, 5) is 13.3. The summed E-state index contributed by atoms with van der Waals surface area (Å²) >= 11 is 6.01. The number of hydrogen-bond acceptors (Lipinski definition) is 4. The molecule has 0 aliphatic carbocycles. The maximum absolute atomic E-state index is 12.6. The highest BCUT2D eigenvalue weighted by Gasteiger charge is 2.43. The second kappa shape index (κ2) is 5.60. The van der Waals surface area contributed by atoms with Crippen LogP contribution in [-0.2, 0) is 10.0 Å². The molecule has 2 saturated heterocycles. The molecule has 1 aromatic carbocycles. The zero-order valence-corrected chi connectivity index (χ0v) is 13.5. The first-order chi connectivity index (χ1) is 10.4. The van der Waals surface area contributed by atoms with E-state index in [2.05, 4.69) is 5.32 Å². The van der Waals surface area contributed by atoms with Crippen molar-refractivity contribution >= 4 is 27.7 Å². The number of benzene rings is 1. The smallest absolute Gasteiger partial charge is 0.317 e. The normalized spacial score (nSPS) is 19.9. The minimum Gasteiger partial charge on any atom is -0.497 e. The number of hydrogen-bond donors (Lipinski definition) is 1. The van der Waals surface area contributed by atoms with Gasteiger partial charge in [-0.3, -0.25) is 0 Å². The van der Waals surface area contributed by atoms with Crippen molar-refractivity contribution in [1.82, 2.24) is 14.5 Å². The molecule has 2 aliphatic rings. The molecule has 0 aromatic heterocycles. The van der Waals surface area contributed by atoms with E-state index in [-0.39, 0.29) is 35.1 Å². The summed E-state index contributed by atoms with van der Waals surface area (Å²) in [6.07, 6.45) is 0. The first kappa shape index (κ1) is 15.4. The van der Waals surface area contributed by atoms with Crippen LogP contribution in [0, 0.1) is 0 Å². The largest absolute Gasteiger partial charge is 0.497 e. The summed E-state index contributed by atoms with van der Waals surface area (Å²) in [6.45, 7) is 1.77. The second-order valence-corrected chi connectivity index (χ2v) is 7.51. The molecule has 0 bridgehead atoms. The molecule has 0 radical (unpaired) electrons. The van der Waals surface area contributed by atoms with Crippen molar-refractivity contribution in [1.29, 1.82) is 0 Å². The Balaban J connectivity index is 1.77. The van der Waals surface area contributed by atoms with E-state index in [1.807, 2.05) is 0 Å². The molecule has 2 heterocycles.